The summed E-state index contributed by atoms with van der Waals surface area (Å²) < 4.78 is 5.86. The van der Waals surface area contributed by atoms with Gasteiger partial charge in [-0.3, -0.25) is 0 Å². The van der Waals surface area contributed by atoms with Crippen molar-refractivity contribution in [3.63, 3.8) is 0 Å². The molecule has 8 bridgehead atoms. The number of aromatic nitrogens is 4. The Morgan fingerprint density at radius 2 is 0.827 bits per heavy atom. The van der Waals surface area contributed by atoms with E-state index in [2.05, 4.69) is 137 Å². The van der Waals surface area contributed by atoms with E-state index >= 15 is 0 Å². The maximum absolute atomic E-state index is 9.45. The second-order valence-corrected chi connectivity index (χ2v) is 12.7. The highest BCUT2D eigenvalue weighted by Gasteiger charge is 2.19. The number of nitrogens with one attached hydrogen (secondary N) is 2. The Hall–Kier alpha value is -6.76. The molecule has 0 fully saturated rings. The van der Waals surface area contributed by atoms with Crippen molar-refractivity contribution in [1.29, 1.82) is 0 Å². The average molecular weight is 675 g/mol. The summed E-state index contributed by atoms with van der Waals surface area (Å²) in [5.41, 5.74) is 15.3. The molecular weight excluding hydrogens is 641 g/mol. The van der Waals surface area contributed by atoms with Crippen LogP contribution in [0.1, 0.15) is 22.8 Å². The van der Waals surface area contributed by atoms with E-state index < -0.39 is 0 Å². The molecule has 2 aliphatic rings. The van der Waals surface area contributed by atoms with Crippen molar-refractivity contribution >= 4 is 46.4 Å². The molecule has 0 spiro atoms. The van der Waals surface area contributed by atoms with Gasteiger partial charge in [-0.2, -0.15) is 0 Å². The number of hydrogen-bond donors (Lipinski definition) is 3. The molecule has 5 heterocycles. The first-order valence-electron chi connectivity index (χ1n) is 17.4. The fourth-order valence-corrected chi connectivity index (χ4v) is 7.14. The Kier molecular flexibility index (Phi) is 8.12. The third-order valence-corrected chi connectivity index (χ3v) is 9.42. The van der Waals surface area contributed by atoms with Crippen molar-refractivity contribution in [3.05, 3.63) is 162 Å². The zero-order chi connectivity index (χ0) is 34.9. The molecule has 2 aliphatic heterocycles. The van der Waals surface area contributed by atoms with Gasteiger partial charge in [-0.25, -0.2) is 9.97 Å². The number of aromatic amines is 2. The lowest BCUT2D eigenvalue weighted by molar-refractivity contribution is 0.201. The van der Waals surface area contributed by atoms with Crippen LogP contribution in [0.3, 0.4) is 0 Å². The number of hydrogen-bond acceptors (Lipinski definition) is 4. The quantitative estimate of drug-likeness (QED) is 0.157. The monoisotopic (exact) mass is 674 g/mol. The van der Waals surface area contributed by atoms with Crippen molar-refractivity contribution in [2.45, 2.75) is 0 Å². The van der Waals surface area contributed by atoms with Crippen LogP contribution in [0.15, 0.2) is 140 Å². The number of aliphatic hydroxyl groups excluding tert-OH is 1. The van der Waals surface area contributed by atoms with E-state index in [9.17, 15) is 5.11 Å². The first-order valence-corrected chi connectivity index (χ1v) is 17.4. The molecule has 0 amide bonds. The maximum atomic E-state index is 9.45. The number of ether oxygens (including phenoxy) is 1. The summed E-state index contributed by atoms with van der Waals surface area (Å²) >= 11 is 0. The first kappa shape index (κ1) is 31.2. The van der Waals surface area contributed by atoms with Gasteiger partial charge < -0.3 is 19.8 Å². The van der Waals surface area contributed by atoms with E-state index in [1.165, 1.54) is 0 Å². The number of benzene rings is 4. The standard InChI is InChI=1S/C46H34N4O2/c51-27-28-52-34-18-10-17-33(29-34)46-41-25-23-39(49-41)44(31-13-6-2-7-14-31)37-21-19-35(47-37)43(30-11-4-1-5-12-30)36-20-22-38(48-36)45(32-15-8-3-9-16-32)40-24-26-42(46)50-40/h1-26,29,49-51H,27-28H2. The maximum Gasteiger partial charge on any atom is 0.120 e. The van der Waals surface area contributed by atoms with Crippen molar-refractivity contribution in [3.8, 4) is 50.3 Å². The smallest absolute Gasteiger partial charge is 0.120 e. The van der Waals surface area contributed by atoms with Gasteiger partial charge in [0.05, 0.1) is 29.4 Å². The second kappa shape index (κ2) is 13.5. The highest BCUT2D eigenvalue weighted by atomic mass is 16.5. The molecule has 0 saturated carbocycles. The fourth-order valence-electron chi connectivity index (χ4n) is 7.14. The molecule has 6 heteroatoms. The van der Waals surface area contributed by atoms with Crippen LogP contribution in [-0.4, -0.2) is 38.3 Å². The molecule has 0 unspecified atom stereocenters. The lowest BCUT2D eigenvalue weighted by Gasteiger charge is -2.08. The molecule has 0 radical (unpaired) electrons. The van der Waals surface area contributed by atoms with Gasteiger partial charge >= 0.3 is 0 Å². The van der Waals surface area contributed by atoms with Crippen molar-refractivity contribution in [2.24, 2.45) is 0 Å². The topological polar surface area (TPSA) is 86.8 Å². The molecule has 7 aromatic rings. The van der Waals surface area contributed by atoms with E-state index in [-0.39, 0.29) is 13.2 Å². The van der Waals surface area contributed by atoms with Gasteiger partial charge in [-0.15, -0.1) is 0 Å². The van der Waals surface area contributed by atoms with E-state index in [4.69, 9.17) is 14.7 Å². The largest absolute Gasteiger partial charge is 0.491 e. The number of H-pyrrole nitrogens is 2. The highest BCUT2D eigenvalue weighted by molar-refractivity contribution is 6.00. The summed E-state index contributed by atoms with van der Waals surface area (Å²) in [6.45, 7) is 0.159. The number of fused-ring (bicyclic) bond motifs is 8. The van der Waals surface area contributed by atoms with Gasteiger partial charge in [-0.1, -0.05) is 103 Å². The van der Waals surface area contributed by atoms with E-state index in [1.807, 2.05) is 36.4 Å². The number of nitrogens with zero attached hydrogens (tertiary/aromatic N) is 2. The fraction of sp³-hybridized carbons (Fsp3) is 0.0435. The zero-order valence-electron chi connectivity index (χ0n) is 28.3. The summed E-state index contributed by atoms with van der Waals surface area (Å²) in [5, 5.41) is 9.45. The molecule has 52 heavy (non-hydrogen) atoms. The van der Waals surface area contributed by atoms with E-state index in [1.54, 1.807) is 0 Å². The molecule has 0 saturated heterocycles. The van der Waals surface area contributed by atoms with Crippen LogP contribution in [-0.2, 0) is 0 Å². The normalized spacial score (nSPS) is 11.9. The summed E-state index contributed by atoms with van der Waals surface area (Å²) in [6, 6.07) is 47.7. The molecular formula is C46H34N4O2. The third kappa shape index (κ3) is 5.81. The Morgan fingerprint density at radius 1 is 0.423 bits per heavy atom. The minimum absolute atomic E-state index is 0.0590. The van der Waals surface area contributed by atoms with Crippen LogP contribution in [0.25, 0.3) is 90.9 Å². The SMILES string of the molecule is OCCOc1cccc(-c2c3ccc([nH]3)c(-c3ccccc3)c3nc(c(-c4ccccc4)c4nc(c(-c5ccccc5)c5ccc2[nH]5)C=C4)C=C3)c1. The molecule has 6 nitrogen and oxygen atoms in total. The Bertz CT molecular complexity index is 2520. The summed E-state index contributed by atoms with van der Waals surface area (Å²) in [7, 11) is 0. The lowest BCUT2D eigenvalue weighted by atomic mass is 10.0. The second-order valence-electron chi connectivity index (χ2n) is 12.7. The molecule has 3 aromatic heterocycles. The van der Waals surface area contributed by atoms with Gasteiger partial charge in [0.1, 0.15) is 12.4 Å². The minimum atomic E-state index is -0.0590. The molecule has 4 aromatic carbocycles. The predicted octanol–water partition coefficient (Wildman–Crippen LogP) is 10.7. The van der Waals surface area contributed by atoms with Crippen LogP contribution >= 0.6 is 0 Å². The Morgan fingerprint density at radius 3 is 1.29 bits per heavy atom. The molecule has 250 valence electrons. The van der Waals surface area contributed by atoms with Gasteiger partial charge in [-0.05, 0) is 83.0 Å². The van der Waals surface area contributed by atoms with Crippen molar-refractivity contribution < 1.29 is 9.84 Å². The van der Waals surface area contributed by atoms with E-state index in [0.717, 1.165) is 89.4 Å². The third-order valence-electron chi connectivity index (χ3n) is 9.42. The van der Waals surface area contributed by atoms with Crippen molar-refractivity contribution in [2.75, 3.05) is 13.2 Å². The number of rotatable bonds is 7. The van der Waals surface area contributed by atoms with E-state index in [0.29, 0.717) is 5.75 Å². The van der Waals surface area contributed by atoms with Crippen LogP contribution in [0, 0.1) is 0 Å². The molecule has 9 rings (SSSR count). The van der Waals surface area contributed by atoms with Crippen LogP contribution in [0.2, 0.25) is 0 Å². The van der Waals surface area contributed by atoms with Crippen LogP contribution < -0.4 is 4.74 Å². The highest BCUT2D eigenvalue weighted by Crippen LogP contribution is 2.38. The molecule has 0 aliphatic carbocycles. The molecule has 0 atom stereocenters. The summed E-state index contributed by atoms with van der Waals surface area (Å²) in [6.07, 6.45) is 8.41. The number of aliphatic hydroxyl groups is 1. The minimum Gasteiger partial charge on any atom is -0.491 e. The zero-order valence-corrected chi connectivity index (χ0v) is 28.3. The lowest BCUT2D eigenvalue weighted by Crippen LogP contribution is -2.01. The van der Waals surface area contributed by atoms with Crippen LogP contribution in [0.4, 0.5) is 0 Å². The first-order chi connectivity index (χ1) is 25.7. The van der Waals surface area contributed by atoms with Crippen LogP contribution in [0.5, 0.6) is 5.75 Å². The Labute approximate surface area is 301 Å². The van der Waals surface area contributed by atoms with Gasteiger partial charge in [0.25, 0.3) is 0 Å². The Balaban J connectivity index is 1.45. The van der Waals surface area contributed by atoms with Gasteiger partial charge in [0.15, 0.2) is 0 Å². The van der Waals surface area contributed by atoms with Crippen molar-refractivity contribution in [1.82, 2.24) is 19.9 Å². The summed E-state index contributed by atoms with van der Waals surface area (Å²) in [4.78, 5) is 18.3. The summed E-state index contributed by atoms with van der Waals surface area (Å²) in [5.74, 6) is 0.685. The predicted molar refractivity (Wildman–Crippen MR) is 213 cm³/mol. The molecule has 3 N–H and O–H groups in total. The van der Waals surface area contributed by atoms with Gasteiger partial charge in [0, 0.05) is 44.3 Å². The van der Waals surface area contributed by atoms with Gasteiger partial charge in [0.2, 0.25) is 0 Å². The average Bonchev–Trinajstić information content (AvgIpc) is 4.03.